The molecule has 1 aromatic heterocycles. The zero-order chi connectivity index (χ0) is 18.5. The van der Waals surface area contributed by atoms with Crippen molar-refractivity contribution in [2.24, 2.45) is 5.92 Å². The molecule has 1 aliphatic heterocycles. The number of aromatic nitrogens is 2. The largest absolute Gasteiger partial charge is 0.379 e. The minimum Gasteiger partial charge on any atom is -0.379 e. The molecule has 0 saturated carbocycles. The topological polar surface area (TPSA) is 70.2 Å². The van der Waals surface area contributed by atoms with Crippen molar-refractivity contribution in [3.63, 3.8) is 0 Å². The Balaban J connectivity index is 1.42. The van der Waals surface area contributed by atoms with E-state index in [0.717, 1.165) is 62.5 Å². The molecule has 2 N–H and O–H groups in total. The van der Waals surface area contributed by atoms with Gasteiger partial charge in [-0.3, -0.25) is 9.69 Å². The molecule has 26 heavy (non-hydrogen) atoms. The quantitative estimate of drug-likeness (QED) is 0.745. The van der Waals surface area contributed by atoms with Crippen molar-refractivity contribution >= 4 is 16.9 Å². The summed E-state index contributed by atoms with van der Waals surface area (Å²) in [4.78, 5) is 22.7. The second-order valence-corrected chi connectivity index (χ2v) is 7.30. The van der Waals surface area contributed by atoms with Crippen LogP contribution < -0.4 is 5.32 Å². The third kappa shape index (κ3) is 4.62. The fourth-order valence-electron chi connectivity index (χ4n) is 3.38. The zero-order valence-corrected chi connectivity index (χ0v) is 16.1. The number of rotatable bonds is 7. The van der Waals surface area contributed by atoms with E-state index in [1.54, 1.807) is 0 Å². The minimum atomic E-state index is 0.00456. The number of carbonyl (C=O) groups is 1. The minimum absolute atomic E-state index is 0.00456. The fraction of sp³-hybridized carbons (Fsp3) is 0.600. The maximum Gasteiger partial charge on any atom is 0.224 e. The monoisotopic (exact) mass is 358 g/mol. The van der Waals surface area contributed by atoms with Crippen LogP contribution in [0.4, 0.5) is 0 Å². The molecule has 2 aromatic rings. The zero-order valence-electron chi connectivity index (χ0n) is 16.1. The van der Waals surface area contributed by atoms with Gasteiger partial charge in [0.25, 0.3) is 0 Å². The molecular formula is C20H30N4O2. The van der Waals surface area contributed by atoms with Gasteiger partial charge in [0.2, 0.25) is 5.91 Å². The lowest BCUT2D eigenvalue weighted by molar-refractivity contribution is -0.125. The summed E-state index contributed by atoms with van der Waals surface area (Å²) in [7, 11) is 0. The number of carbonyl (C=O) groups excluding carboxylic acids is 1. The van der Waals surface area contributed by atoms with Crippen LogP contribution in [0.3, 0.4) is 0 Å². The SMILES string of the molecule is Cc1ccc2[nH]c(CCCNC(=O)[C@H](C)CN3CCOCC3)nc2c1C. The summed E-state index contributed by atoms with van der Waals surface area (Å²) < 4.78 is 5.35. The van der Waals surface area contributed by atoms with Crippen molar-refractivity contribution in [2.45, 2.75) is 33.6 Å². The van der Waals surface area contributed by atoms with Crippen molar-refractivity contribution in [1.82, 2.24) is 20.2 Å². The second kappa shape index (κ2) is 8.64. The lowest BCUT2D eigenvalue weighted by Gasteiger charge is -2.28. The molecule has 6 heteroatoms. The average molecular weight is 358 g/mol. The van der Waals surface area contributed by atoms with E-state index in [2.05, 4.69) is 41.2 Å². The van der Waals surface area contributed by atoms with E-state index >= 15 is 0 Å². The number of fused-ring (bicyclic) bond motifs is 1. The van der Waals surface area contributed by atoms with Crippen molar-refractivity contribution < 1.29 is 9.53 Å². The number of amides is 1. The Labute approximate surface area is 155 Å². The van der Waals surface area contributed by atoms with E-state index < -0.39 is 0 Å². The van der Waals surface area contributed by atoms with Gasteiger partial charge in [-0.15, -0.1) is 0 Å². The van der Waals surface area contributed by atoms with Gasteiger partial charge in [0, 0.05) is 38.5 Å². The van der Waals surface area contributed by atoms with Crippen LogP contribution in [0.5, 0.6) is 0 Å². The van der Waals surface area contributed by atoms with Crippen molar-refractivity contribution in [1.29, 1.82) is 0 Å². The van der Waals surface area contributed by atoms with Crippen LogP contribution in [0.1, 0.15) is 30.3 Å². The molecule has 2 heterocycles. The van der Waals surface area contributed by atoms with Crippen LogP contribution in [0.2, 0.25) is 0 Å². The molecule has 0 aliphatic carbocycles. The van der Waals surface area contributed by atoms with Gasteiger partial charge in [0.05, 0.1) is 24.2 Å². The number of benzene rings is 1. The Kier molecular flexibility index (Phi) is 6.27. The fourth-order valence-corrected chi connectivity index (χ4v) is 3.38. The van der Waals surface area contributed by atoms with Gasteiger partial charge in [-0.1, -0.05) is 13.0 Å². The van der Waals surface area contributed by atoms with Crippen molar-refractivity contribution in [2.75, 3.05) is 39.4 Å². The molecule has 0 spiro atoms. The molecule has 0 unspecified atom stereocenters. The molecule has 6 nitrogen and oxygen atoms in total. The van der Waals surface area contributed by atoms with E-state index in [9.17, 15) is 4.79 Å². The first-order chi connectivity index (χ1) is 12.5. The predicted octanol–water partition coefficient (Wildman–Crippen LogP) is 2.20. The molecule has 1 atom stereocenters. The number of aryl methyl sites for hydroxylation is 3. The number of nitrogens with one attached hydrogen (secondary N) is 2. The Morgan fingerprint density at radius 3 is 2.88 bits per heavy atom. The van der Waals surface area contributed by atoms with Gasteiger partial charge in [0.15, 0.2) is 0 Å². The molecule has 1 aromatic carbocycles. The first kappa shape index (κ1) is 18.9. The van der Waals surface area contributed by atoms with Gasteiger partial charge < -0.3 is 15.0 Å². The molecule has 3 rings (SSSR count). The van der Waals surface area contributed by atoms with Crippen molar-refractivity contribution in [3.05, 3.63) is 29.1 Å². The Hall–Kier alpha value is -1.92. The molecular weight excluding hydrogens is 328 g/mol. The van der Waals surface area contributed by atoms with E-state index in [0.29, 0.717) is 6.54 Å². The predicted molar refractivity (Wildman–Crippen MR) is 103 cm³/mol. The summed E-state index contributed by atoms with van der Waals surface area (Å²) in [6, 6.07) is 4.21. The molecule has 1 fully saturated rings. The normalized spacial score (nSPS) is 16.7. The highest BCUT2D eigenvalue weighted by molar-refractivity contribution is 5.80. The Morgan fingerprint density at radius 1 is 1.35 bits per heavy atom. The van der Waals surface area contributed by atoms with Gasteiger partial charge in [-0.2, -0.15) is 0 Å². The molecule has 1 saturated heterocycles. The number of hydrogen-bond donors (Lipinski definition) is 2. The van der Waals surface area contributed by atoms with Gasteiger partial charge >= 0.3 is 0 Å². The summed E-state index contributed by atoms with van der Waals surface area (Å²) in [6.07, 6.45) is 1.72. The van der Waals surface area contributed by atoms with Crippen LogP contribution in [0.25, 0.3) is 11.0 Å². The number of ether oxygens (including phenoxy) is 1. The highest BCUT2D eigenvalue weighted by Gasteiger charge is 2.18. The second-order valence-electron chi connectivity index (χ2n) is 7.30. The highest BCUT2D eigenvalue weighted by atomic mass is 16.5. The van der Waals surface area contributed by atoms with E-state index in [-0.39, 0.29) is 11.8 Å². The Bertz CT molecular complexity index is 750. The molecule has 0 bridgehead atoms. The van der Waals surface area contributed by atoms with Crippen LogP contribution >= 0.6 is 0 Å². The third-order valence-corrected chi connectivity index (χ3v) is 5.20. The standard InChI is InChI=1S/C20H30N4O2/c1-14-6-7-17-19(16(14)3)23-18(22-17)5-4-8-21-20(25)15(2)13-24-9-11-26-12-10-24/h6-7,15H,4-5,8-13H2,1-3H3,(H,21,25)(H,22,23)/t15-/m1/s1. The highest BCUT2D eigenvalue weighted by Crippen LogP contribution is 2.19. The van der Waals surface area contributed by atoms with Gasteiger partial charge in [-0.25, -0.2) is 4.98 Å². The number of nitrogens with zero attached hydrogens (tertiary/aromatic N) is 2. The lowest BCUT2D eigenvalue weighted by Crippen LogP contribution is -2.42. The molecule has 1 aliphatic rings. The smallest absolute Gasteiger partial charge is 0.224 e. The maximum absolute atomic E-state index is 12.3. The first-order valence-corrected chi connectivity index (χ1v) is 9.57. The van der Waals surface area contributed by atoms with Crippen LogP contribution in [-0.4, -0.2) is 60.2 Å². The number of imidazole rings is 1. The van der Waals surface area contributed by atoms with Gasteiger partial charge in [-0.05, 0) is 37.5 Å². The molecule has 0 radical (unpaired) electrons. The summed E-state index contributed by atoms with van der Waals surface area (Å²) in [5, 5.41) is 3.06. The van der Waals surface area contributed by atoms with Gasteiger partial charge in [0.1, 0.15) is 5.82 Å². The van der Waals surface area contributed by atoms with E-state index in [1.165, 1.54) is 11.1 Å². The Morgan fingerprint density at radius 2 is 2.12 bits per heavy atom. The van der Waals surface area contributed by atoms with Crippen molar-refractivity contribution in [3.8, 4) is 0 Å². The van der Waals surface area contributed by atoms with Crippen LogP contribution in [0.15, 0.2) is 12.1 Å². The third-order valence-electron chi connectivity index (χ3n) is 5.20. The number of hydrogen-bond acceptors (Lipinski definition) is 4. The summed E-state index contributed by atoms with van der Waals surface area (Å²) in [5.41, 5.74) is 4.64. The number of aromatic amines is 1. The van der Waals surface area contributed by atoms with Crippen LogP contribution in [-0.2, 0) is 16.0 Å². The first-order valence-electron chi connectivity index (χ1n) is 9.57. The summed E-state index contributed by atoms with van der Waals surface area (Å²) >= 11 is 0. The molecule has 1 amide bonds. The lowest BCUT2D eigenvalue weighted by atomic mass is 10.1. The summed E-state index contributed by atoms with van der Waals surface area (Å²) in [5.74, 6) is 1.13. The number of H-pyrrole nitrogens is 1. The van der Waals surface area contributed by atoms with E-state index in [4.69, 9.17) is 9.72 Å². The van der Waals surface area contributed by atoms with E-state index in [1.807, 2.05) is 6.92 Å². The molecule has 142 valence electrons. The maximum atomic E-state index is 12.3. The van der Waals surface area contributed by atoms with Crippen LogP contribution in [0, 0.1) is 19.8 Å². The summed E-state index contributed by atoms with van der Waals surface area (Å²) in [6.45, 7) is 11.1. The average Bonchev–Trinajstić information content (AvgIpc) is 3.06. The number of morpholine rings is 1.